The highest BCUT2D eigenvalue weighted by atomic mass is 32.2. The first kappa shape index (κ1) is 16.9. The van der Waals surface area contributed by atoms with Gasteiger partial charge in [0.25, 0.3) is 0 Å². The third-order valence-corrected chi connectivity index (χ3v) is 5.73. The molecule has 2 amide bonds. The topological polar surface area (TPSA) is 75.2 Å². The molecule has 6 nitrogen and oxygen atoms in total. The van der Waals surface area contributed by atoms with Crippen LogP contribution in [0.25, 0.3) is 0 Å². The molecular formula is C16H18N4O2S2. The van der Waals surface area contributed by atoms with Crippen molar-refractivity contribution in [1.82, 2.24) is 10.2 Å². The van der Waals surface area contributed by atoms with E-state index in [1.54, 1.807) is 6.92 Å². The number of hydrogen-bond acceptors (Lipinski definition) is 6. The molecule has 8 heteroatoms. The van der Waals surface area contributed by atoms with E-state index in [9.17, 15) is 9.59 Å². The Balaban J connectivity index is 1.61. The molecule has 0 aliphatic carbocycles. The van der Waals surface area contributed by atoms with Crippen molar-refractivity contribution in [2.24, 2.45) is 0 Å². The summed E-state index contributed by atoms with van der Waals surface area (Å²) in [6, 6.07) is 8.19. The van der Waals surface area contributed by atoms with Gasteiger partial charge in [0.2, 0.25) is 16.9 Å². The number of nitrogens with one attached hydrogen (secondary N) is 1. The van der Waals surface area contributed by atoms with Crippen LogP contribution in [-0.4, -0.2) is 33.8 Å². The van der Waals surface area contributed by atoms with E-state index in [0.29, 0.717) is 21.6 Å². The molecule has 1 N–H and O–H groups in total. The largest absolute Gasteiger partial charge is 0.308 e. The molecule has 2 aromatic rings. The Bertz CT molecular complexity index is 762. The number of carbonyl (C=O) groups excluding carboxylic acids is 2. The molecule has 0 saturated carbocycles. The van der Waals surface area contributed by atoms with Crippen molar-refractivity contribution in [2.45, 2.75) is 37.1 Å². The van der Waals surface area contributed by atoms with Crippen molar-refractivity contribution in [3.05, 3.63) is 29.8 Å². The number of carbonyl (C=O) groups is 2. The summed E-state index contributed by atoms with van der Waals surface area (Å²) in [5.41, 5.74) is 2.22. The molecule has 2 heterocycles. The summed E-state index contributed by atoms with van der Waals surface area (Å²) in [4.78, 5) is 25.8. The van der Waals surface area contributed by atoms with E-state index >= 15 is 0 Å². The summed E-state index contributed by atoms with van der Waals surface area (Å²) < 4.78 is 0.676. The average molecular weight is 362 g/mol. The summed E-state index contributed by atoms with van der Waals surface area (Å²) in [5.74, 6) is 0.266. The molecule has 0 bridgehead atoms. The van der Waals surface area contributed by atoms with Crippen LogP contribution in [-0.2, 0) is 16.0 Å². The minimum absolute atomic E-state index is 0.0618. The van der Waals surface area contributed by atoms with Crippen LogP contribution in [0.2, 0.25) is 0 Å². The fraction of sp³-hybridized carbons (Fsp3) is 0.375. The van der Waals surface area contributed by atoms with Gasteiger partial charge < -0.3 is 10.2 Å². The third-order valence-electron chi connectivity index (χ3n) is 3.77. The van der Waals surface area contributed by atoms with Crippen molar-refractivity contribution in [3.8, 4) is 0 Å². The number of hydrogen-bond donors (Lipinski definition) is 1. The van der Waals surface area contributed by atoms with E-state index < -0.39 is 0 Å². The number of thioether (sulfide) groups is 1. The Morgan fingerprint density at radius 1 is 1.38 bits per heavy atom. The van der Waals surface area contributed by atoms with Gasteiger partial charge in [0.15, 0.2) is 4.34 Å². The Morgan fingerprint density at radius 2 is 2.17 bits per heavy atom. The van der Waals surface area contributed by atoms with Crippen LogP contribution in [0.3, 0.4) is 0 Å². The second-order valence-corrected chi connectivity index (χ2v) is 7.71. The quantitative estimate of drug-likeness (QED) is 0.654. The van der Waals surface area contributed by atoms with E-state index in [2.05, 4.69) is 28.5 Å². The lowest BCUT2D eigenvalue weighted by atomic mass is 10.1. The average Bonchev–Trinajstić information content (AvgIpc) is 3.15. The van der Waals surface area contributed by atoms with Crippen LogP contribution < -0.4 is 10.2 Å². The number of amides is 2. The molecule has 0 saturated heterocycles. The van der Waals surface area contributed by atoms with Gasteiger partial charge in [-0.15, -0.1) is 10.2 Å². The van der Waals surface area contributed by atoms with Gasteiger partial charge in [-0.2, -0.15) is 0 Å². The maximum Gasteiger partial charge on any atom is 0.237 e. The monoisotopic (exact) mass is 362 g/mol. The number of aromatic nitrogens is 2. The van der Waals surface area contributed by atoms with Gasteiger partial charge in [-0.1, -0.05) is 48.2 Å². The second-order valence-electron chi connectivity index (χ2n) is 5.51. The summed E-state index contributed by atoms with van der Waals surface area (Å²) >= 11 is 2.64. The molecule has 1 aliphatic heterocycles. The molecule has 0 fully saturated rings. The molecule has 1 aromatic carbocycles. The van der Waals surface area contributed by atoms with E-state index in [4.69, 9.17) is 0 Å². The second kappa shape index (κ2) is 7.31. The zero-order chi connectivity index (χ0) is 17.1. The predicted molar refractivity (Wildman–Crippen MR) is 96.6 cm³/mol. The lowest BCUT2D eigenvalue weighted by molar-refractivity contribution is -0.117. The van der Waals surface area contributed by atoms with Gasteiger partial charge in [-0.25, -0.2) is 0 Å². The standard InChI is InChI=1S/C16H18N4O2S2/c1-3-13(21)17-15-18-19-16(24-15)23-9-14(22)20-10(2)8-11-6-4-5-7-12(11)20/h4-7,10H,3,8-9H2,1-2H3,(H,17,18,21)/t10-/m0/s1. The van der Waals surface area contributed by atoms with E-state index in [1.165, 1.54) is 28.7 Å². The highest BCUT2D eigenvalue weighted by Crippen LogP contribution is 2.33. The summed E-state index contributed by atoms with van der Waals surface area (Å²) in [6.07, 6.45) is 1.28. The van der Waals surface area contributed by atoms with Gasteiger partial charge in [0.1, 0.15) is 0 Å². The van der Waals surface area contributed by atoms with Gasteiger partial charge >= 0.3 is 0 Å². The molecular weight excluding hydrogens is 344 g/mol. The van der Waals surface area contributed by atoms with Crippen molar-refractivity contribution < 1.29 is 9.59 Å². The lowest BCUT2D eigenvalue weighted by Gasteiger charge is -2.22. The van der Waals surface area contributed by atoms with Crippen molar-refractivity contribution in [1.29, 1.82) is 0 Å². The Morgan fingerprint density at radius 3 is 2.96 bits per heavy atom. The van der Waals surface area contributed by atoms with Crippen LogP contribution in [0.15, 0.2) is 28.6 Å². The fourth-order valence-corrected chi connectivity index (χ4v) is 4.29. The molecule has 0 unspecified atom stereocenters. The number of benzene rings is 1. The highest BCUT2D eigenvalue weighted by molar-refractivity contribution is 8.01. The zero-order valence-corrected chi connectivity index (χ0v) is 15.1. The first-order valence-electron chi connectivity index (χ1n) is 7.74. The Hall–Kier alpha value is -1.93. The summed E-state index contributed by atoms with van der Waals surface area (Å²) in [7, 11) is 0. The smallest absolute Gasteiger partial charge is 0.237 e. The van der Waals surface area contributed by atoms with Gasteiger partial charge in [-0.3, -0.25) is 9.59 Å². The van der Waals surface area contributed by atoms with Gasteiger partial charge in [0.05, 0.1) is 5.75 Å². The predicted octanol–water partition coefficient (Wildman–Crippen LogP) is 2.96. The van der Waals surface area contributed by atoms with Crippen molar-refractivity contribution in [3.63, 3.8) is 0 Å². The molecule has 126 valence electrons. The Kier molecular flexibility index (Phi) is 5.15. The fourth-order valence-electron chi connectivity index (χ4n) is 2.66. The number of para-hydroxylation sites is 1. The van der Waals surface area contributed by atoms with Crippen molar-refractivity contribution >= 4 is 45.7 Å². The van der Waals surface area contributed by atoms with Gasteiger partial charge in [0, 0.05) is 18.2 Å². The molecule has 1 atom stereocenters. The number of nitrogens with zero attached hydrogens (tertiary/aromatic N) is 3. The van der Waals surface area contributed by atoms with Crippen LogP contribution in [0.5, 0.6) is 0 Å². The van der Waals surface area contributed by atoms with Gasteiger partial charge in [-0.05, 0) is 25.0 Å². The van der Waals surface area contributed by atoms with Crippen LogP contribution >= 0.6 is 23.1 Å². The first-order valence-corrected chi connectivity index (χ1v) is 9.54. The summed E-state index contributed by atoms with van der Waals surface area (Å²) in [6.45, 7) is 3.84. The minimum atomic E-state index is -0.0960. The molecule has 24 heavy (non-hydrogen) atoms. The normalized spacial score (nSPS) is 16.1. The van der Waals surface area contributed by atoms with Crippen LogP contribution in [0.4, 0.5) is 10.8 Å². The third kappa shape index (κ3) is 3.59. The van der Waals surface area contributed by atoms with Crippen LogP contribution in [0, 0.1) is 0 Å². The molecule has 1 aromatic heterocycles. The van der Waals surface area contributed by atoms with E-state index in [-0.39, 0.29) is 17.9 Å². The number of anilines is 2. The van der Waals surface area contributed by atoms with Crippen LogP contribution in [0.1, 0.15) is 25.8 Å². The SMILES string of the molecule is CCC(=O)Nc1nnc(SCC(=O)N2c3ccccc3C[C@@H]2C)s1. The summed E-state index contributed by atoms with van der Waals surface area (Å²) in [5, 5.41) is 11.1. The number of rotatable bonds is 5. The molecule has 0 radical (unpaired) electrons. The molecule has 1 aliphatic rings. The molecule has 3 rings (SSSR count). The maximum absolute atomic E-state index is 12.6. The maximum atomic E-state index is 12.6. The Labute approximate surface area is 148 Å². The minimum Gasteiger partial charge on any atom is -0.308 e. The zero-order valence-electron chi connectivity index (χ0n) is 13.5. The lowest BCUT2D eigenvalue weighted by Crippen LogP contribution is -2.36. The van der Waals surface area contributed by atoms with E-state index in [0.717, 1.165) is 12.1 Å². The first-order chi connectivity index (χ1) is 11.6. The highest BCUT2D eigenvalue weighted by Gasteiger charge is 2.30. The molecule has 0 spiro atoms. The number of fused-ring (bicyclic) bond motifs is 1. The van der Waals surface area contributed by atoms with E-state index in [1.807, 2.05) is 23.1 Å². The van der Waals surface area contributed by atoms with Crippen molar-refractivity contribution in [2.75, 3.05) is 16.0 Å².